The van der Waals surface area contributed by atoms with Gasteiger partial charge in [0.1, 0.15) is 0 Å². The average molecular weight is 449 g/mol. The Morgan fingerprint density at radius 1 is 1.25 bits per heavy atom. The van der Waals surface area contributed by atoms with Gasteiger partial charge in [0.25, 0.3) is 5.91 Å². The minimum atomic E-state index is -0.467. The Labute approximate surface area is 170 Å². The molecule has 0 unspecified atom stereocenters. The molecule has 3 aromatic rings. The van der Waals surface area contributed by atoms with Crippen molar-refractivity contribution in [1.82, 2.24) is 14.9 Å². The smallest absolute Gasteiger partial charge is 0.287 e. The minimum Gasteiger partial charge on any atom is -0.444 e. The van der Waals surface area contributed by atoms with Crippen LogP contribution in [0.1, 0.15) is 23.9 Å². The predicted molar refractivity (Wildman–Crippen MR) is 108 cm³/mol. The molecule has 0 saturated heterocycles. The summed E-state index contributed by atoms with van der Waals surface area (Å²) in [5.74, 6) is -0.271. The number of carbonyl (C=O) groups excluding carboxylic acids is 2. The molecule has 2 aromatic heterocycles. The number of amides is 2. The summed E-state index contributed by atoms with van der Waals surface area (Å²) in [7, 11) is 0. The van der Waals surface area contributed by atoms with Gasteiger partial charge in [-0.05, 0) is 53.5 Å². The van der Waals surface area contributed by atoms with Crippen LogP contribution >= 0.6 is 15.9 Å². The number of aromatic nitrogens is 2. The van der Waals surface area contributed by atoms with Gasteiger partial charge in [-0.3, -0.25) is 14.9 Å². The Balaban J connectivity index is 1.65. The molecule has 2 heterocycles. The van der Waals surface area contributed by atoms with E-state index < -0.39 is 5.91 Å². The first-order valence-corrected chi connectivity index (χ1v) is 9.74. The first-order chi connectivity index (χ1) is 13.6. The second-order valence-corrected chi connectivity index (χ2v) is 6.74. The fourth-order valence-electron chi connectivity index (χ4n) is 2.72. The van der Waals surface area contributed by atoms with Gasteiger partial charge in [0.05, 0.1) is 17.6 Å². The van der Waals surface area contributed by atoms with Gasteiger partial charge in [-0.15, -0.1) is 0 Å². The van der Waals surface area contributed by atoms with E-state index in [2.05, 4.69) is 31.5 Å². The van der Waals surface area contributed by atoms with Gasteiger partial charge in [0, 0.05) is 19.8 Å². The van der Waals surface area contributed by atoms with Crippen LogP contribution in [0.2, 0.25) is 0 Å². The van der Waals surface area contributed by atoms with Crippen molar-refractivity contribution in [1.29, 1.82) is 0 Å². The van der Waals surface area contributed by atoms with E-state index in [0.717, 1.165) is 17.5 Å². The lowest BCUT2D eigenvalue weighted by molar-refractivity contribution is -0.115. The summed E-state index contributed by atoms with van der Waals surface area (Å²) in [5, 5.41) is 5.29. The number of imidazole rings is 1. The number of para-hydroxylation sites is 2. The van der Waals surface area contributed by atoms with Crippen molar-refractivity contribution < 1.29 is 18.7 Å². The number of rotatable bonds is 9. The highest BCUT2D eigenvalue weighted by molar-refractivity contribution is 9.10. The quantitative estimate of drug-likeness (QED) is 0.489. The van der Waals surface area contributed by atoms with Crippen molar-refractivity contribution in [3.8, 4) is 0 Å². The summed E-state index contributed by atoms with van der Waals surface area (Å²) >= 11 is 3.13. The molecule has 0 aliphatic carbocycles. The molecular formula is C19H21BrN4O4. The van der Waals surface area contributed by atoms with Crippen molar-refractivity contribution in [3.05, 3.63) is 46.8 Å². The average Bonchev–Trinajstić information content (AvgIpc) is 3.27. The standard InChI is InChI=1S/C19H21BrN4O4/c1-2-27-11-5-10-24-14-7-4-3-6-13(14)22-19(24)23-17(25)12-21-18(26)15-8-9-16(20)28-15/h3-4,6-9H,2,5,10-12H2,1H3,(H,21,26)(H,22,23,25). The van der Waals surface area contributed by atoms with Crippen LogP contribution in [0.3, 0.4) is 0 Å². The van der Waals surface area contributed by atoms with Crippen LogP contribution in [0.15, 0.2) is 45.5 Å². The summed E-state index contributed by atoms with van der Waals surface area (Å²) in [6.07, 6.45) is 0.793. The van der Waals surface area contributed by atoms with Crippen molar-refractivity contribution in [3.63, 3.8) is 0 Å². The number of ether oxygens (including phenoxy) is 1. The molecule has 148 valence electrons. The topological polar surface area (TPSA) is 98.4 Å². The maximum Gasteiger partial charge on any atom is 0.287 e. The van der Waals surface area contributed by atoms with Crippen molar-refractivity contribution in [2.75, 3.05) is 25.1 Å². The first kappa shape index (κ1) is 20.1. The molecule has 0 aliphatic rings. The summed E-state index contributed by atoms with van der Waals surface area (Å²) < 4.78 is 12.9. The van der Waals surface area contributed by atoms with Crippen LogP contribution in [-0.4, -0.2) is 41.1 Å². The van der Waals surface area contributed by atoms with E-state index in [-0.39, 0.29) is 18.2 Å². The largest absolute Gasteiger partial charge is 0.444 e. The maximum atomic E-state index is 12.3. The van der Waals surface area contributed by atoms with Crippen LogP contribution in [0.5, 0.6) is 0 Å². The van der Waals surface area contributed by atoms with Crippen LogP contribution < -0.4 is 10.6 Å². The highest BCUT2D eigenvalue weighted by atomic mass is 79.9. The van der Waals surface area contributed by atoms with E-state index in [1.165, 1.54) is 6.07 Å². The molecule has 0 aliphatic heterocycles. The molecule has 0 fully saturated rings. The highest BCUT2D eigenvalue weighted by Crippen LogP contribution is 2.20. The lowest BCUT2D eigenvalue weighted by Crippen LogP contribution is -2.33. The van der Waals surface area contributed by atoms with E-state index in [1.807, 2.05) is 35.8 Å². The first-order valence-electron chi connectivity index (χ1n) is 8.95. The van der Waals surface area contributed by atoms with Crippen LogP contribution in [0, 0.1) is 0 Å². The lowest BCUT2D eigenvalue weighted by Gasteiger charge is -2.10. The van der Waals surface area contributed by atoms with E-state index in [0.29, 0.717) is 30.4 Å². The number of furan rings is 1. The summed E-state index contributed by atoms with van der Waals surface area (Å²) in [6.45, 7) is 3.71. The number of hydrogen-bond acceptors (Lipinski definition) is 5. The highest BCUT2D eigenvalue weighted by Gasteiger charge is 2.15. The zero-order valence-electron chi connectivity index (χ0n) is 15.4. The molecule has 1 aromatic carbocycles. The molecule has 0 bridgehead atoms. The van der Waals surface area contributed by atoms with Gasteiger partial charge in [-0.1, -0.05) is 12.1 Å². The summed E-state index contributed by atoms with van der Waals surface area (Å²) in [6, 6.07) is 10.8. The number of hydrogen-bond donors (Lipinski definition) is 2. The number of carbonyl (C=O) groups is 2. The second kappa shape index (κ2) is 9.52. The molecular weight excluding hydrogens is 428 g/mol. The molecule has 28 heavy (non-hydrogen) atoms. The minimum absolute atomic E-state index is 0.128. The Bertz CT molecular complexity index is 966. The van der Waals surface area contributed by atoms with E-state index >= 15 is 0 Å². The molecule has 3 rings (SSSR count). The van der Waals surface area contributed by atoms with E-state index in [1.54, 1.807) is 6.07 Å². The van der Waals surface area contributed by atoms with E-state index in [4.69, 9.17) is 9.15 Å². The third-order valence-corrected chi connectivity index (χ3v) is 4.41. The molecule has 0 spiro atoms. The van der Waals surface area contributed by atoms with Crippen LogP contribution in [0.4, 0.5) is 5.95 Å². The number of nitrogens with zero attached hydrogens (tertiary/aromatic N) is 2. The van der Waals surface area contributed by atoms with Crippen molar-refractivity contribution >= 4 is 44.7 Å². The van der Waals surface area contributed by atoms with Gasteiger partial charge in [-0.2, -0.15) is 0 Å². The zero-order valence-corrected chi connectivity index (χ0v) is 17.0. The zero-order chi connectivity index (χ0) is 19.9. The Hall–Kier alpha value is -2.65. The Morgan fingerprint density at radius 3 is 2.82 bits per heavy atom. The molecule has 0 radical (unpaired) electrons. The molecule has 2 amide bonds. The SMILES string of the molecule is CCOCCCn1c(NC(=O)CNC(=O)c2ccc(Br)o2)nc2ccccc21. The molecule has 0 saturated carbocycles. The number of nitrogens with one attached hydrogen (secondary N) is 2. The monoisotopic (exact) mass is 448 g/mol. The van der Waals surface area contributed by atoms with Gasteiger partial charge in [0.2, 0.25) is 11.9 Å². The molecule has 2 N–H and O–H groups in total. The van der Waals surface area contributed by atoms with Crippen molar-refractivity contribution in [2.24, 2.45) is 0 Å². The fraction of sp³-hybridized carbons (Fsp3) is 0.316. The van der Waals surface area contributed by atoms with Gasteiger partial charge in [0.15, 0.2) is 10.4 Å². The number of fused-ring (bicyclic) bond motifs is 1. The van der Waals surface area contributed by atoms with Gasteiger partial charge >= 0.3 is 0 Å². The third-order valence-electron chi connectivity index (χ3n) is 3.99. The number of benzene rings is 1. The number of halogens is 1. The van der Waals surface area contributed by atoms with Crippen LogP contribution in [-0.2, 0) is 16.1 Å². The lowest BCUT2D eigenvalue weighted by atomic mass is 10.3. The summed E-state index contributed by atoms with van der Waals surface area (Å²) in [4.78, 5) is 28.8. The van der Waals surface area contributed by atoms with Gasteiger partial charge in [-0.25, -0.2) is 4.98 Å². The second-order valence-electron chi connectivity index (χ2n) is 5.96. The normalized spacial score (nSPS) is 10.9. The van der Waals surface area contributed by atoms with E-state index in [9.17, 15) is 9.59 Å². The Kier molecular flexibility index (Phi) is 6.83. The molecule has 8 nitrogen and oxygen atoms in total. The van der Waals surface area contributed by atoms with Crippen LogP contribution in [0.25, 0.3) is 11.0 Å². The molecule has 0 atom stereocenters. The molecule has 9 heteroatoms. The fourth-order valence-corrected chi connectivity index (χ4v) is 3.03. The van der Waals surface area contributed by atoms with Gasteiger partial charge < -0.3 is 19.0 Å². The van der Waals surface area contributed by atoms with Crippen molar-refractivity contribution in [2.45, 2.75) is 19.9 Å². The number of aryl methyl sites for hydroxylation is 1. The maximum absolute atomic E-state index is 12.3. The number of anilines is 1. The summed E-state index contributed by atoms with van der Waals surface area (Å²) in [5.41, 5.74) is 1.72. The Morgan fingerprint density at radius 2 is 2.07 bits per heavy atom. The predicted octanol–water partition coefficient (Wildman–Crippen LogP) is 3.19. The third kappa shape index (κ3) is 4.99.